The summed E-state index contributed by atoms with van der Waals surface area (Å²) in [6, 6.07) is 7.81. The Bertz CT molecular complexity index is 524. The van der Waals surface area contributed by atoms with Crippen LogP contribution in [0, 0.1) is 0 Å². The molecule has 0 saturated heterocycles. The summed E-state index contributed by atoms with van der Waals surface area (Å²) in [6.45, 7) is 1.94. The van der Waals surface area contributed by atoms with Crippen LogP contribution in [-0.4, -0.2) is 36.4 Å². The third-order valence-corrected chi connectivity index (χ3v) is 4.05. The first-order valence-corrected chi connectivity index (χ1v) is 7.77. The van der Waals surface area contributed by atoms with Crippen LogP contribution in [0.1, 0.15) is 38.2 Å². The molecular weight excluding hydrogens is 280 g/mol. The van der Waals surface area contributed by atoms with Gasteiger partial charge in [0, 0.05) is 25.1 Å². The van der Waals surface area contributed by atoms with Crippen LogP contribution in [0.5, 0.6) is 5.75 Å². The predicted molar refractivity (Wildman–Crippen MR) is 84.5 cm³/mol. The van der Waals surface area contributed by atoms with Gasteiger partial charge in [-0.15, -0.1) is 0 Å². The number of hydrogen-bond donors (Lipinski definition) is 1. The molecule has 0 bridgehead atoms. The van der Waals surface area contributed by atoms with Crippen molar-refractivity contribution < 1.29 is 14.3 Å². The fraction of sp³-hybridized carbons (Fsp3) is 0.529. The van der Waals surface area contributed by atoms with Gasteiger partial charge in [0.1, 0.15) is 5.75 Å². The molecule has 5 nitrogen and oxygen atoms in total. The largest absolute Gasteiger partial charge is 0.496 e. The smallest absolute Gasteiger partial charge is 0.239 e. The average Bonchev–Trinajstić information content (AvgIpc) is 2.99. The van der Waals surface area contributed by atoms with Crippen LogP contribution < -0.4 is 10.1 Å². The van der Waals surface area contributed by atoms with Crippen molar-refractivity contribution in [2.75, 3.05) is 13.7 Å². The highest BCUT2D eigenvalue weighted by Crippen LogP contribution is 2.20. The molecule has 0 radical (unpaired) electrons. The van der Waals surface area contributed by atoms with Gasteiger partial charge in [0.05, 0.1) is 13.7 Å². The molecule has 0 unspecified atom stereocenters. The van der Waals surface area contributed by atoms with E-state index in [1.165, 1.54) is 19.8 Å². The molecule has 1 aromatic rings. The van der Waals surface area contributed by atoms with Gasteiger partial charge >= 0.3 is 0 Å². The summed E-state index contributed by atoms with van der Waals surface area (Å²) in [6.07, 6.45) is 4.42. The van der Waals surface area contributed by atoms with Crippen molar-refractivity contribution >= 4 is 11.8 Å². The molecule has 1 aliphatic carbocycles. The van der Waals surface area contributed by atoms with Gasteiger partial charge in [0.25, 0.3) is 0 Å². The quantitative estimate of drug-likeness (QED) is 0.875. The molecule has 0 spiro atoms. The van der Waals surface area contributed by atoms with E-state index < -0.39 is 0 Å². The lowest BCUT2D eigenvalue weighted by Gasteiger charge is -2.23. The zero-order valence-electron chi connectivity index (χ0n) is 13.3. The molecule has 5 heteroatoms. The molecule has 1 fully saturated rings. The van der Waals surface area contributed by atoms with E-state index in [0.717, 1.165) is 24.2 Å². The summed E-state index contributed by atoms with van der Waals surface area (Å²) in [5.41, 5.74) is 0.897. The molecule has 0 atom stereocenters. The molecule has 120 valence electrons. The standard InChI is InChI=1S/C17H24N2O3/c1-13(20)19(11-14-7-3-6-10-16(14)22-2)12-17(21)18-15-8-4-5-9-15/h3,6-7,10,15H,4-5,8-9,11-12H2,1-2H3,(H,18,21). The van der Waals surface area contributed by atoms with Crippen LogP contribution in [0.4, 0.5) is 0 Å². The van der Waals surface area contributed by atoms with Crippen molar-refractivity contribution in [2.24, 2.45) is 0 Å². The number of hydrogen-bond acceptors (Lipinski definition) is 3. The molecule has 2 amide bonds. The number of carbonyl (C=O) groups excluding carboxylic acids is 2. The van der Waals surface area contributed by atoms with E-state index in [4.69, 9.17) is 4.74 Å². The van der Waals surface area contributed by atoms with Gasteiger partial charge < -0.3 is 15.0 Å². The Kier molecular flexibility index (Phi) is 5.81. The molecule has 22 heavy (non-hydrogen) atoms. The van der Waals surface area contributed by atoms with Gasteiger partial charge in [-0.3, -0.25) is 9.59 Å². The zero-order chi connectivity index (χ0) is 15.9. The molecule has 0 heterocycles. The second kappa shape index (κ2) is 7.82. The minimum Gasteiger partial charge on any atom is -0.496 e. The maximum atomic E-state index is 12.1. The SMILES string of the molecule is COc1ccccc1CN(CC(=O)NC1CCCC1)C(C)=O. The number of benzene rings is 1. The third-order valence-electron chi connectivity index (χ3n) is 4.05. The normalized spacial score (nSPS) is 14.6. The summed E-state index contributed by atoms with van der Waals surface area (Å²) in [7, 11) is 1.60. The molecule has 1 saturated carbocycles. The second-order valence-electron chi connectivity index (χ2n) is 5.74. The van der Waals surface area contributed by atoms with E-state index in [2.05, 4.69) is 5.32 Å². The number of rotatable bonds is 6. The number of ether oxygens (including phenoxy) is 1. The monoisotopic (exact) mass is 304 g/mol. The van der Waals surface area contributed by atoms with Crippen molar-refractivity contribution in [3.8, 4) is 5.75 Å². The average molecular weight is 304 g/mol. The van der Waals surface area contributed by atoms with E-state index in [1.807, 2.05) is 24.3 Å². The molecule has 2 rings (SSSR count). The van der Waals surface area contributed by atoms with Gasteiger partial charge in [0.15, 0.2) is 0 Å². The Morgan fingerprint density at radius 2 is 1.95 bits per heavy atom. The van der Waals surface area contributed by atoms with Crippen LogP contribution in [0.15, 0.2) is 24.3 Å². The first-order valence-electron chi connectivity index (χ1n) is 7.77. The Labute approximate surface area is 131 Å². The highest BCUT2D eigenvalue weighted by atomic mass is 16.5. The van der Waals surface area contributed by atoms with Gasteiger partial charge in [-0.05, 0) is 18.9 Å². The van der Waals surface area contributed by atoms with Crippen molar-refractivity contribution in [1.29, 1.82) is 0 Å². The summed E-state index contributed by atoms with van der Waals surface area (Å²) >= 11 is 0. The maximum Gasteiger partial charge on any atom is 0.239 e. The van der Waals surface area contributed by atoms with Crippen molar-refractivity contribution in [3.05, 3.63) is 29.8 Å². The first kappa shape index (κ1) is 16.3. The summed E-state index contributed by atoms with van der Waals surface area (Å²) in [5.74, 6) is 0.523. The van der Waals surface area contributed by atoms with E-state index in [1.54, 1.807) is 12.0 Å². The lowest BCUT2D eigenvalue weighted by molar-refractivity contribution is -0.135. The summed E-state index contributed by atoms with van der Waals surface area (Å²) < 4.78 is 5.30. The first-order chi connectivity index (χ1) is 10.6. The molecule has 0 aliphatic heterocycles. The number of carbonyl (C=O) groups is 2. The van der Waals surface area contributed by atoms with Gasteiger partial charge in [-0.25, -0.2) is 0 Å². The van der Waals surface area contributed by atoms with E-state index in [9.17, 15) is 9.59 Å². The van der Waals surface area contributed by atoms with Gasteiger partial charge in [-0.2, -0.15) is 0 Å². The maximum absolute atomic E-state index is 12.1. The van der Waals surface area contributed by atoms with E-state index >= 15 is 0 Å². The van der Waals surface area contributed by atoms with Crippen LogP contribution >= 0.6 is 0 Å². The Balaban J connectivity index is 1.97. The molecule has 1 N–H and O–H groups in total. The number of nitrogens with zero attached hydrogens (tertiary/aromatic N) is 1. The van der Waals surface area contributed by atoms with Crippen molar-refractivity contribution in [1.82, 2.24) is 10.2 Å². The van der Waals surface area contributed by atoms with Crippen LogP contribution in [0.25, 0.3) is 0 Å². The highest BCUT2D eigenvalue weighted by molar-refractivity contribution is 5.84. The highest BCUT2D eigenvalue weighted by Gasteiger charge is 2.20. The third kappa shape index (κ3) is 4.48. The summed E-state index contributed by atoms with van der Waals surface area (Å²) in [4.78, 5) is 25.5. The van der Waals surface area contributed by atoms with E-state index in [0.29, 0.717) is 6.54 Å². The number of methoxy groups -OCH3 is 1. The molecule has 1 aromatic carbocycles. The number of amides is 2. The minimum atomic E-state index is -0.118. The van der Waals surface area contributed by atoms with Crippen LogP contribution in [0.2, 0.25) is 0 Å². The van der Waals surface area contributed by atoms with Crippen molar-refractivity contribution in [3.63, 3.8) is 0 Å². The lowest BCUT2D eigenvalue weighted by atomic mass is 10.2. The summed E-state index contributed by atoms with van der Waals surface area (Å²) in [5, 5.41) is 3.01. The predicted octanol–water partition coefficient (Wildman–Crippen LogP) is 2.10. The Morgan fingerprint density at radius 1 is 1.27 bits per heavy atom. The number of nitrogens with one attached hydrogen (secondary N) is 1. The lowest BCUT2D eigenvalue weighted by Crippen LogP contribution is -2.42. The van der Waals surface area contributed by atoms with E-state index in [-0.39, 0.29) is 24.4 Å². The fourth-order valence-corrected chi connectivity index (χ4v) is 2.83. The topological polar surface area (TPSA) is 58.6 Å². The Hall–Kier alpha value is -2.04. The second-order valence-corrected chi connectivity index (χ2v) is 5.74. The van der Waals surface area contributed by atoms with Gasteiger partial charge in [-0.1, -0.05) is 31.0 Å². The molecule has 0 aromatic heterocycles. The molecular formula is C17H24N2O3. The Morgan fingerprint density at radius 3 is 2.59 bits per heavy atom. The zero-order valence-corrected chi connectivity index (χ0v) is 13.3. The number of para-hydroxylation sites is 1. The van der Waals surface area contributed by atoms with Crippen molar-refractivity contribution in [2.45, 2.75) is 45.2 Å². The van der Waals surface area contributed by atoms with Crippen LogP contribution in [-0.2, 0) is 16.1 Å². The van der Waals surface area contributed by atoms with Crippen LogP contribution in [0.3, 0.4) is 0 Å². The fourth-order valence-electron chi connectivity index (χ4n) is 2.83. The minimum absolute atomic E-state index is 0.0861. The van der Waals surface area contributed by atoms with Gasteiger partial charge in [0.2, 0.25) is 11.8 Å². The molecule has 1 aliphatic rings.